The number of amides is 1. The Morgan fingerprint density at radius 2 is 1.77 bits per heavy atom. The zero-order chi connectivity index (χ0) is 22.0. The van der Waals surface area contributed by atoms with Gasteiger partial charge in [0.25, 0.3) is 5.91 Å². The number of carbonyl (C=O) groups excluding carboxylic acids is 1. The summed E-state index contributed by atoms with van der Waals surface area (Å²) in [5.74, 6) is -0.870. The average Bonchev–Trinajstić information content (AvgIpc) is 3.43. The number of aromatic amines is 1. The summed E-state index contributed by atoms with van der Waals surface area (Å²) in [4.78, 5) is 12.5. The first kappa shape index (κ1) is 20.7. The molecular weight excluding hydrogens is 431 g/mol. The lowest BCUT2D eigenvalue weighted by Crippen LogP contribution is -2.26. The zero-order valence-electron chi connectivity index (χ0n) is 15.8. The second kappa shape index (κ2) is 8.27. The number of hydrogen-bond acceptors (Lipinski definition) is 3. The van der Waals surface area contributed by atoms with Crippen molar-refractivity contribution in [2.24, 2.45) is 0 Å². The lowest BCUT2D eigenvalue weighted by Gasteiger charge is -2.13. The molecule has 4 aromatic rings. The Labute approximate surface area is 179 Å². The first-order valence-corrected chi connectivity index (χ1v) is 9.49. The van der Waals surface area contributed by atoms with E-state index in [0.717, 1.165) is 23.0 Å². The van der Waals surface area contributed by atoms with Gasteiger partial charge in [-0.1, -0.05) is 35.9 Å². The molecule has 0 bridgehead atoms. The topological polar surface area (TPSA) is 75.6 Å². The quantitative estimate of drug-likeness (QED) is 0.460. The monoisotopic (exact) mass is 445 g/mol. The minimum atomic E-state index is -4.78. The molecule has 0 radical (unpaired) electrons. The van der Waals surface area contributed by atoms with Crippen LogP contribution >= 0.6 is 11.6 Å². The van der Waals surface area contributed by atoms with Gasteiger partial charge < -0.3 is 5.32 Å². The number of aromatic nitrogens is 4. The number of halogens is 4. The van der Waals surface area contributed by atoms with Crippen LogP contribution in [0.1, 0.15) is 21.6 Å². The molecule has 1 amide bonds. The summed E-state index contributed by atoms with van der Waals surface area (Å²) in [6.45, 7) is 0.0610. The molecule has 2 heterocycles. The number of H-pyrrole nitrogens is 1. The first-order chi connectivity index (χ1) is 14.8. The highest BCUT2D eigenvalue weighted by Crippen LogP contribution is 2.34. The summed E-state index contributed by atoms with van der Waals surface area (Å²) in [6, 6.07) is 14.7. The number of alkyl halides is 3. The molecule has 2 aromatic carbocycles. The Hall–Kier alpha value is -3.59. The molecule has 31 heavy (non-hydrogen) atoms. The standard InChI is InChI=1S/C21H15ClF3N5O/c22-15-5-7-16(8-6-15)30-19(21(23,24)25)17(12-28-30)20(31)26-11-13-1-3-14(4-2-13)18-9-10-27-29-18/h1-10,12H,11H2,(H,26,31)(H,27,29). The van der Waals surface area contributed by atoms with Crippen molar-refractivity contribution in [1.82, 2.24) is 25.3 Å². The smallest absolute Gasteiger partial charge is 0.348 e. The molecule has 6 nitrogen and oxygen atoms in total. The van der Waals surface area contributed by atoms with Gasteiger partial charge in [0.1, 0.15) is 0 Å². The van der Waals surface area contributed by atoms with Crippen LogP contribution in [-0.4, -0.2) is 25.9 Å². The molecule has 0 aliphatic heterocycles. The van der Waals surface area contributed by atoms with Crippen molar-refractivity contribution >= 4 is 17.5 Å². The summed E-state index contributed by atoms with van der Waals surface area (Å²) >= 11 is 5.80. The molecule has 0 saturated heterocycles. The predicted molar refractivity (Wildman–Crippen MR) is 109 cm³/mol. The highest BCUT2D eigenvalue weighted by molar-refractivity contribution is 6.30. The van der Waals surface area contributed by atoms with E-state index in [1.54, 1.807) is 18.3 Å². The van der Waals surface area contributed by atoms with Crippen molar-refractivity contribution in [2.45, 2.75) is 12.7 Å². The normalized spacial score (nSPS) is 11.5. The van der Waals surface area contributed by atoms with Crippen molar-refractivity contribution < 1.29 is 18.0 Å². The van der Waals surface area contributed by atoms with Gasteiger partial charge in [0, 0.05) is 17.8 Å². The van der Waals surface area contributed by atoms with Crippen LogP contribution in [0.2, 0.25) is 5.02 Å². The van der Waals surface area contributed by atoms with Crippen molar-refractivity contribution in [2.75, 3.05) is 0 Å². The van der Waals surface area contributed by atoms with Gasteiger partial charge in [0.15, 0.2) is 5.69 Å². The van der Waals surface area contributed by atoms with Gasteiger partial charge >= 0.3 is 6.18 Å². The largest absolute Gasteiger partial charge is 0.434 e. The van der Waals surface area contributed by atoms with E-state index >= 15 is 0 Å². The molecule has 158 valence electrons. The Balaban J connectivity index is 1.54. The molecule has 0 unspecified atom stereocenters. The fraction of sp³-hybridized carbons (Fsp3) is 0.0952. The van der Waals surface area contributed by atoms with Crippen LogP contribution < -0.4 is 5.32 Å². The second-order valence-electron chi connectivity index (χ2n) is 6.64. The van der Waals surface area contributed by atoms with E-state index in [1.165, 1.54) is 24.3 Å². The van der Waals surface area contributed by atoms with Crippen molar-refractivity contribution in [3.8, 4) is 16.9 Å². The van der Waals surface area contributed by atoms with E-state index in [9.17, 15) is 18.0 Å². The van der Waals surface area contributed by atoms with Gasteiger partial charge in [-0.3, -0.25) is 9.89 Å². The molecule has 0 aliphatic rings. The third-order valence-electron chi connectivity index (χ3n) is 4.57. The maximum absolute atomic E-state index is 13.7. The molecular formula is C21H15ClF3N5O. The molecule has 0 saturated carbocycles. The maximum Gasteiger partial charge on any atom is 0.434 e. The van der Waals surface area contributed by atoms with Gasteiger partial charge in [0.2, 0.25) is 0 Å². The zero-order valence-corrected chi connectivity index (χ0v) is 16.6. The molecule has 0 fully saturated rings. The summed E-state index contributed by atoms with van der Waals surface area (Å²) in [5, 5.41) is 13.4. The van der Waals surface area contributed by atoms with Crippen molar-refractivity contribution in [3.63, 3.8) is 0 Å². The number of hydrogen-bond donors (Lipinski definition) is 2. The Morgan fingerprint density at radius 1 is 1.06 bits per heavy atom. The van der Waals surface area contributed by atoms with E-state index in [4.69, 9.17) is 11.6 Å². The number of nitrogens with one attached hydrogen (secondary N) is 2. The molecule has 10 heteroatoms. The van der Waals surface area contributed by atoms with Crippen molar-refractivity contribution in [1.29, 1.82) is 0 Å². The van der Waals surface area contributed by atoms with E-state index in [1.807, 2.05) is 18.2 Å². The minimum absolute atomic E-state index is 0.0610. The molecule has 0 spiro atoms. The van der Waals surface area contributed by atoms with E-state index in [-0.39, 0.29) is 12.2 Å². The number of benzene rings is 2. The Morgan fingerprint density at radius 3 is 2.39 bits per heavy atom. The summed E-state index contributed by atoms with van der Waals surface area (Å²) in [5.41, 5.74) is 0.898. The van der Waals surface area contributed by atoms with E-state index in [2.05, 4.69) is 20.6 Å². The molecule has 2 aromatic heterocycles. The minimum Gasteiger partial charge on any atom is -0.348 e. The molecule has 4 rings (SSSR count). The van der Waals surface area contributed by atoms with Gasteiger partial charge in [0.05, 0.1) is 23.1 Å². The third-order valence-corrected chi connectivity index (χ3v) is 4.82. The lowest BCUT2D eigenvalue weighted by molar-refractivity contribution is -0.143. The molecule has 0 aliphatic carbocycles. The van der Waals surface area contributed by atoms with Crippen LogP contribution in [0, 0.1) is 0 Å². The van der Waals surface area contributed by atoms with E-state index < -0.39 is 23.3 Å². The summed E-state index contributed by atoms with van der Waals surface area (Å²) in [7, 11) is 0. The van der Waals surface area contributed by atoms with Crippen LogP contribution in [0.4, 0.5) is 13.2 Å². The van der Waals surface area contributed by atoms with Gasteiger partial charge in [-0.25, -0.2) is 4.68 Å². The Kier molecular flexibility index (Phi) is 5.51. The second-order valence-corrected chi connectivity index (χ2v) is 7.08. The van der Waals surface area contributed by atoms with Gasteiger partial charge in [-0.05, 0) is 41.5 Å². The van der Waals surface area contributed by atoms with Crippen LogP contribution in [0.25, 0.3) is 16.9 Å². The van der Waals surface area contributed by atoms with Gasteiger partial charge in [-0.15, -0.1) is 0 Å². The lowest BCUT2D eigenvalue weighted by atomic mass is 10.1. The number of rotatable bonds is 5. The predicted octanol–water partition coefficient (Wildman–Crippen LogP) is 4.86. The third kappa shape index (κ3) is 4.46. The first-order valence-electron chi connectivity index (χ1n) is 9.11. The SMILES string of the molecule is O=C(NCc1ccc(-c2ccn[nH]2)cc1)c1cnn(-c2ccc(Cl)cc2)c1C(F)(F)F. The van der Waals surface area contributed by atoms with Gasteiger partial charge in [-0.2, -0.15) is 23.4 Å². The molecule has 0 atom stereocenters. The fourth-order valence-corrected chi connectivity index (χ4v) is 3.19. The maximum atomic E-state index is 13.7. The van der Waals surface area contributed by atoms with Crippen molar-refractivity contribution in [3.05, 3.63) is 88.8 Å². The Bertz CT molecular complexity index is 1180. The van der Waals surface area contributed by atoms with Crippen LogP contribution in [0.5, 0.6) is 0 Å². The highest BCUT2D eigenvalue weighted by atomic mass is 35.5. The fourth-order valence-electron chi connectivity index (χ4n) is 3.06. The number of carbonyl (C=O) groups is 1. The average molecular weight is 446 g/mol. The summed E-state index contributed by atoms with van der Waals surface area (Å²) < 4.78 is 41.9. The summed E-state index contributed by atoms with van der Waals surface area (Å²) in [6.07, 6.45) is -2.24. The number of nitrogens with zero attached hydrogens (tertiary/aromatic N) is 3. The van der Waals surface area contributed by atoms with Crippen LogP contribution in [-0.2, 0) is 12.7 Å². The molecule has 2 N–H and O–H groups in total. The van der Waals surface area contributed by atoms with Crippen LogP contribution in [0.15, 0.2) is 67.0 Å². The highest BCUT2D eigenvalue weighted by Gasteiger charge is 2.40. The van der Waals surface area contributed by atoms with Crippen LogP contribution in [0.3, 0.4) is 0 Å². The van der Waals surface area contributed by atoms with E-state index in [0.29, 0.717) is 9.70 Å².